The van der Waals surface area contributed by atoms with Gasteiger partial charge in [-0.1, -0.05) is 18.5 Å². The van der Waals surface area contributed by atoms with Crippen molar-refractivity contribution in [3.63, 3.8) is 0 Å². The molecular formula is C13H14ClN3. The predicted octanol–water partition coefficient (Wildman–Crippen LogP) is 3.18. The van der Waals surface area contributed by atoms with Crippen molar-refractivity contribution in [2.75, 3.05) is 0 Å². The van der Waals surface area contributed by atoms with Crippen molar-refractivity contribution < 1.29 is 0 Å². The lowest BCUT2D eigenvalue weighted by atomic mass is 10.00. The molecule has 1 aromatic heterocycles. The van der Waals surface area contributed by atoms with E-state index in [2.05, 4.69) is 21.7 Å². The predicted molar refractivity (Wildman–Crippen MR) is 68.0 cm³/mol. The molecule has 0 saturated heterocycles. The van der Waals surface area contributed by atoms with Gasteiger partial charge in [-0.05, 0) is 36.6 Å². The Morgan fingerprint density at radius 3 is 2.76 bits per heavy atom. The van der Waals surface area contributed by atoms with Crippen LogP contribution in [0.15, 0.2) is 24.3 Å². The zero-order valence-corrected chi connectivity index (χ0v) is 10.5. The van der Waals surface area contributed by atoms with Gasteiger partial charge in [0.2, 0.25) is 0 Å². The number of benzene rings is 1. The molecule has 2 heterocycles. The van der Waals surface area contributed by atoms with Crippen molar-refractivity contribution in [3.8, 4) is 11.4 Å². The standard InChI is InChI=1S/C13H14ClN3/c1-9-6-7-17-12(8-9)15-16-13(17)10-2-4-11(14)5-3-10/h2-5,9H,6-8H2,1H3. The summed E-state index contributed by atoms with van der Waals surface area (Å²) in [6.45, 7) is 3.28. The maximum absolute atomic E-state index is 5.89. The fourth-order valence-electron chi connectivity index (χ4n) is 2.30. The second-order valence-electron chi connectivity index (χ2n) is 4.70. The van der Waals surface area contributed by atoms with Crippen molar-refractivity contribution in [1.29, 1.82) is 0 Å². The molecule has 1 aliphatic rings. The van der Waals surface area contributed by atoms with Crippen LogP contribution in [0.1, 0.15) is 19.2 Å². The minimum absolute atomic E-state index is 0.713. The number of hydrogen-bond acceptors (Lipinski definition) is 2. The van der Waals surface area contributed by atoms with Crippen LogP contribution in [0.25, 0.3) is 11.4 Å². The molecule has 0 amide bonds. The van der Waals surface area contributed by atoms with E-state index < -0.39 is 0 Å². The molecule has 1 unspecified atom stereocenters. The van der Waals surface area contributed by atoms with Crippen LogP contribution >= 0.6 is 11.6 Å². The third-order valence-corrected chi connectivity index (χ3v) is 3.56. The van der Waals surface area contributed by atoms with Crippen LogP contribution < -0.4 is 0 Å². The minimum Gasteiger partial charge on any atom is -0.311 e. The SMILES string of the molecule is CC1CCn2c(nnc2-c2ccc(Cl)cc2)C1. The molecule has 3 rings (SSSR count). The molecule has 0 N–H and O–H groups in total. The van der Waals surface area contributed by atoms with E-state index in [9.17, 15) is 0 Å². The topological polar surface area (TPSA) is 30.7 Å². The normalized spacial score (nSPS) is 19.1. The van der Waals surface area contributed by atoms with Gasteiger partial charge in [0.05, 0.1) is 0 Å². The van der Waals surface area contributed by atoms with E-state index in [1.165, 1.54) is 6.42 Å². The van der Waals surface area contributed by atoms with Gasteiger partial charge >= 0.3 is 0 Å². The molecule has 0 spiro atoms. The molecule has 17 heavy (non-hydrogen) atoms. The summed E-state index contributed by atoms with van der Waals surface area (Å²) in [7, 11) is 0. The summed E-state index contributed by atoms with van der Waals surface area (Å²) in [5.74, 6) is 2.78. The Labute approximate surface area is 105 Å². The lowest BCUT2D eigenvalue weighted by Crippen LogP contribution is -2.17. The molecule has 3 nitrogen and oxygen atoms in total. The van der Waals surface area contributed by atoms with Gasteiger partial charge in [0.25, 0.3) is 0 Å². The first-order valence-electron chi connectivity index (χ1n) is 5.92. The van der Waals surface area contributed by atoms with Crippen molar-refractivity contribution in [1.82, 2.24) is 14.8 Å². The van der Waals surface area contributed by atoms with Gasteiger partial charge in [0.1, 0.15) is 5.82 Å². The van der Waals surface area contributed by atoms with Crippen molar-refractivity contribution in [2.24, 2.45) is 5.92 Å². The van der Waals surface area contributed by atoms with Gasteiger partial charge in [0.15, 0.2) is 5.82 Å². The number of hydrogen-bond donors (Lipinski definition) is 0. The van der Waals surface area contributed by atoms with E-state index in [0.29, 0.717) is 5.92 Å². The molecule has 1 atom stereocenters. The van der Waals surface area contributed by atoms with Crippen LogP contribution in [0.2, 0.25) is 5.02 Å². The first-order valence-corrected chi connectivity index (χ1v) is 6.30. The third kappa shape index (κ3) is 1.95. The smallest absolute Gasteiger partial charge is 0.163 e. The maximum Gasteiger partial charge on any atom is 0.163 e. The van der Waals surface area contributed by atoms with E-state index in [1.807, 2.05) is 24.3 Å². The summed E-state index contributed by atoms with van der Waals surface area (Å²) < 4.78 is 2.23. The molecule has 4 heteroatoms. The van der Waals surface area contributed by atoms with Gasteiger partial charge < -0.3 is 4.57 Å². The first-order chi connectivity index (χ1) is 8.24. The average molecular weight is 248 g/mol. The van der Waals surface area contributed by atoms with E-state index in [0.717, 1.165) is 35.2 Å². The molecule has 88 valence electrons. The highest BCUT2D eigenvalue weighted by Crippen LogP contribution is 2.26. The summed E-state index contributed by atoms with van der Waals surface area (Å²) in [6.07, 6.45) is 2.23. The van der Waals surface area contributed by atoms with Gasteiger partial charge in [0, 0.05) is 23.6 Å². The van der Waals surface area contributed by atoms with Crippen molar-refractivity contribution in [2.45, 2.75) is 26.3 Å². The highest BCUT2D eigenvalue weighted by Gasteiger charge is 2.20. The largest absolute Gasteiger partial charge is 0.311 e. The quantitative estimate of drug-likeness (QED) is 0.775. The second-order valence-corrected chi connectivity index (χ2v) is 5.13. The monoisotopic (exact) mass is 247 g/mol. The van der Waals surface area contributed by atoms with Crippen molar-refractivity contribution in [3.05, 3.63) is 35.1 Å². The molecular weight excluding hydrogens is 234 g/mol. The lowest BCUT2D eigenvalue weighted by Gasteiger charge is -2.20. The highest BCUT2D eigenvalue weighted by molar-refractivity contribution is 6.30. The maximum atomic E-state index is 5.89. The third-order valence-electron chi connectivity index (χ3n) is 3.31. The van der Waals surface area contributed by atoms with Crippen LogP contribution in [0, 0.1) is 5.92 Å². The minimum atomic E-state index is 0.713. The summed E-state index contributed by atoms with van der Waals surface area (Å²) in [6, 6.07) is 7.78. The summed E-state index contributed by atoms with van der Waals surface area (Å²) >= 11 is 5.89. The Morgan fingerprint density at radius 1 is 1.24 bits per heavy atom. The van der Waals surface area contributed by atoms with E-state index >= 15 is 0 Å². The fourth-order valence-corrected chi connectivity index (χ4v) is 2.42. The Hall–Kier alpha value is -1.35. The van der Waals surface area contributed by atoms with Crippen LogP contribution in [-0.4, -0.2) is 14.8 Å². The number of nitrogens with zero attached hydrogens (tertiary/aromatic N) is 3. The van der Waals surface area contributed by atoms with E-state index in [1.54, 1.807) is 0 Å². The zero-order valence-electron chi connectivity index (χ0n) is 9.73. The molecule has 0 saturated carbocycles. The summed E-state index contributed by atoms with van der Waals surface area (Å²) in [4.78, 5) is 0. The number of rotatable bonds is 1. The van der Waals surface area contributed by atoms with Crippen LogP contribution in [0.4, 0.5) is 0 Å². The zero-order chi connectivity index (χ0) is 11.8. The molecule has 0 aliphatic carbocycles. The Bertz CT molecular complexity index is 530. The average Bonchev–Trinajstić information content (AvgIpc) is 2.73. The molecule has 1 aromatic carbocycles. The molecule has 0 radical (unpaired) electrons. The summed E-state index contributed by atoms with van der Waals surface area (Å²) in [5.41, 5.74) is 1.09. The van der Waals surface area contributed by atoms with Crippen molar-refractivity contribution >= 4 is 11.6 Å². The van der Waals surface area contributed by atoms with Crippen LogP contribution in [0.5, 0.6) is 0 Å². The number of halogens is 1. The Balaban J connectivity index is 2.02. The molecule has 1 aliphatic heterocycles. The highest BCUT2D eigenvalue weighted by atomic mass is 35.5. The number of fused-ring (bicyclic) bond motifs is 1. The number of aromatic nitrogens is 3. The fraction of sp³-hybridized carbons (Fsp3) is 0.385. The van der Waals surface area contributed by atoms with Crippen LogP contribution in [-0.2, 0) is 13.0 Å². The second kappa shape index (κ2) is 4.15. The Morgan fingerprint density at radius 2 is 2.00 bits per heavy atom. The van der Waals surface area contributed by atoms with Gasteiger partial charge in [-0.25, -0.2) is 0 Å². The Kier molecular flexibility index (Phi) is 2.63. The molecule has 0 bridgehead atoms. The molecule has 0 fully saturated rings. The lowest BCUT2D eigenvalue weighted by molar-refractivity contribution is 0.411. The van der Waals surface area contributed by atoms with Crippen LogP contribution in [0.3, 0.4) is 0 Å². The van der Waals surface area contributed by atoms with E-state index in [4.69, 9.17) is 11.6 Å². The molecule has 2 aromatic rings. The van der Waals surface area contributed by atoms with Gasteiger partial charge in [-0.3, -0.25) is 0 Å². The van der Waals surface area contributed by atoms with Gasteiger partial charge in [-0.15, -0.1) is 10.2 Å². The van der Waals surface area contributed by atoms with Gasteiger partial charge in [-0.2, -0.15) is 0 Å². The first kappa shape index (κ1) is 10.8. The van der Waals surface area contributed by atoms with E-state index in [-0.39, 0.29) is 0 Å². The summed E-state index contributed by atoms with van der Waals surface area (Å²) in [5, 5.41) is 9.34.